The lowest BCUT2D eigenvalue weighted by Gasteiger charge is -2.38. The molecule has 0 spiro atoms. The van der Waals surface area contributed by atoms with E-state index >= 15 is 0 Å². The fourth-order valence-corrected chi connectivity index (χ4v) is 2.04. The Kier molecular flexibility index (Phi) is 4.67. The summed E-state index contributed by atoms with van der Waals surface area (Å²) in [7, 11) is 0. The number of aliphatic carboxylic acids is 1. The van der Waals surface area contributed by atoms with Crippen molar-refractivity contribution in [2.24, 2.45) is 0 Å². The molecule has 1 aromatic rings. The van der Waals surface area contributed by atoms with Gasteiger partial charge in [0, 0.05) is 0 Å². The van der Waals surface area contributed by atoms with Gasteiger partial charge in [-0.05, 0) is 17.7 Å². The molecule has 8 nitrogen and oxygen atoms in total. The molecule has 5 atom stereocenters. The van der Waals surface area contributed by atoms with Crippen LogP contribution in [0.3, 0.4) is 0 Å². The monoisotopic (exact) mass is 312 g/mol. The molecule has 1 fully saturated rings. The molecule has 0 amide bonds. The molecule has 0 radical (unpaired) electrons. The van der Waals surface area contributed by atoms with E-state index in [2.05, 4.69) is 6.58 Å². The van der Waals surface area contributed by atoms with Crippen molar-refractivity contribution < 1.29 is 39.8 Å². The number of phenols is 1. The van der Waals surface area contributed by atoms with Crippen LogP contribution in [0, 0.1) is 0 Å². The Balaban J connectivity index is 2.20. The van der Waals surface area contributed by atoms with Gasteiger partial charge in [-0.25, -0.2) is 4.79 Å². The molecule has 5 N–H and O–H groups in total. The lowest BCUT2D eigenvalue weighted by molar-refractivity contribution is -0.271. The number of ether oxygens (including phenoxy) is 2. The zero-order valence-electron chi connectivity index (χ0n) is 11.4. The van der Waals surface area contributed by atoms with Crippen molar-refractivity contribution >= 4 is 12.0 Å². The van der Waals surface area contributed by atoms with Crippen molar-refractivity contribution in [3.05, 3.63) is 30.3 Å². The number of carboxylic acid groups (broad SMARTS) is 1. The number of aromatic hydroxyl groups is 1. The first-order valence-corrected chi connectivity index (χ1v) is 6.39. The molecule has 1 aliphatic heterocycles. The topological polar surface area (TPSA) is 137 Å². The van der Waals surface area contributed by atoms with E-state index < -0.39 is 36.7 Å². The van der Waals surface area contributed by atoms with E-state index in [9.17, 15) is 25.2 Å². The molecule has 0 aromatic heterocycles. The van der Waals surface area contributed by atoms with E-state index in [1.807, 2.05) is 0 Å². The Morgan fingerprint density at radius 2 is 1.91 bits per heavy atom. The third kappa shape index (κ3) is 3.04. The lowest BCUT2D eigenvalue weighted by atomic mass is 9.99. The molecule has 1 saturated heterocycles. The first-order chi connectivity index (χ1) is 10.3. The number of carboxylic acids is 1. The molecule has 1 heterocycles. The third-order valence-electron chi connectivity index (χ3n) is 3.27. The number of aliphatic hydroxyl groups is 3. The van der Waals surface area contributed by atoms with Gasteiger partial charge in [0.25, 0.3) is 0 Å². The van der Waals surface area contributed by atoms with Crippen molar-refractivity contribution in [2.45, 2.75) is 30.7 Å². The summed E-state index contributed by atoms with van der Waals surface area (Å²) >= 11 is 0. The highest BCUT2D eigenvalue weighted by molar-refractivity contribution is 5.73. The number of benzene rings is 1. The Hall–Kier alpha value is -2.13. The zero-order valence-corrected chi connectivity index (χ0v) is 11.4. The largest absolute Gasteiger partial charge is 0.504 e. The van der Waals surface area contributed by atoms with Crippen LogP contribution in [0.4, 0.5) is 0 Å². The number of carbonyl (C=O) groups is 1. The second-order valence-electron chi connectivity index (χ2n) is 4.78. The van der Waals surface area contributed by atoms with Crippen molar-refractivity contribution in [3.8, 4) is 11.5 Å². The number of aliphatic hydroxyl groups excluding tert-OH is 3. The summed E-state index contributed by atoms with van der Waals surface area (Å²) < 4.78 is 10.2. The second kappa shape index (κ2) is 6.32. The van der Waals surface area contributed by atoms with Crippen molar-refractivity contribution in [1.82, 2.24) is 0 Å². The van der Waals surface area contributed by atoms with Crippen LogP contribution in [-0.2, 0) is 9.53 Å². The predicted octanol–water partition coefficient (Wildman–Crippen LogP) is -0.694. The molecule has 5 unspecified atom stereocenters. The molecular weight excluding hydrogens is 296 g/mol. The van der Waals surface area contributed by atoms with Crippen LogP contribution in [0.2, 0.25) is 0 Å². The fourth-order valence-electron chi connectivity index (χ4n) is 2.04. The van der Waals surface area contributed by atoms with Gasteiger partial charge in [-0.1, -0.05) is 18.7 Å². The van der Waals surface area contributed by atoms with Gasteiger partial charge in [-0.2, -0.15) is 0 Å². The van der Waals surface area contributed by atoms with E-state index in [0.717, 1.165) is 0 Å². The van der Waals surface area contributed by atoms with Crippen LogP contribution in [-0.4, -0.2) is 62.2 Å². The minimum Gasteiger partial charge on any atom is -0.504 e. The van der Waals surface area contributed by atoms with Gasteiger partial charge >= 0.3 is 5.97 Å². The summed E-state index contributed by atoms with van der Waals surface area (Å²) in [6, 6.07) is 4.28. The van der Waals surface area contributed by atoms with Crippen molar-refractivity contribution in [3.63, 3.8) is 0 Å². The third-order valence-corrected chi connectivity index (χ3v) is 3.27. The average molecular weight is 312 g/mol. The van der Waals surface area contributed by atoms with Crippen molar-refractivity contribution in [2.75, 3.05) is 0 Å². The smallest absolute Gasteiger partial charge is 0.335 e. The standard InChI is InChI=1S/C14H16O8/c1-2-6-3-4-8(7(15)5-6)21-14-11(18)9(16)10(17)12(22-14)13(19)20/h2-5,9-12,14-18H,1H2,(H,19,20). The number of hydrogen-bond donors (Lipinski definition) is 5. The molecule has 22 heavy (non-hydrogen) atoms. The highest BCUT2D eigenvalue weighted by atomic mass is 16.7. The summed E-state index contributed by atoms with van der Waals surface area (Å²) in [6.45, 7) is 3.53. The van der Waals surface area contributed by atoms with Crippen LogP contribution >= 0.6 is 0 Å². The Morgan fingerprint density at radius 1 is 1.23 bits per heavy atom. The number of hydrogen-bond acceptors (Lipinski definition) is 7. The minimum absolute atomic E-state index is 0.0811. The normalized spacial score (nSPS) is 31.5. The van der Waals surface area contributed by atoms with Crippen LogP contribution in [0.15, 0.2) is 24.8 Å². The maximum atomic E-state index is 11.0. The van der Waals surface area contributed by atoms with E-state index in [0.29, 0.717) is 5.56 Å². The second-order valence-corrected chi connectivity index (χ2v) is 4.78. The maximum Gasteiger partial charge on any atom is 0.335 e. The minimum atomic E-state index is -1.80. The van der Waals surface area contributed by atoms with E-state index in [1.165, 1.54) is 18.2 Å². The highest BCUT2D eigenvalue weighted by Crippen LogP contribution is 2.31. The van der Waals surface area contributed by atoms with Crippen LogP contribution in [0.5, 0.6) is 11.5 Å². The van der Waals surface area contributed by atoms with Gasteiger partial charge in [-0.3, -0.25) is 0 Å². The maximum absolute atomic E-state index is 11.0. The van der Waals surface area contributed by atoms with E-state index in [-0.39, 0.29) is 11.5 Å². The van der Waals surface area contributed by atoms with Crippen molar-refractivity contribution in [1.29, 1.82) is 0 Å². The summed E-state index contributed by atoms with van der Waals surface area (Å²) in [5.41, 5.74) is 0.619. The molecular formula is C14H16O8. The Labute approximate surface area is 125 Å². The molecule has 120 valence electrons. The summed E-state index contributed by atoms with van der Waals surface area (Å²) in [5.74, 6) is -1.87. The summed E-state index contributed by atoms with van der Waals surface area (Å²) in [5, 5.41) is 47.7. The molecule has 2 rings (SSSR count). The first-order valence-electron chi connectivity index (χ1n) is 6.39. The van der Waals surface area contributed by atoms with E-state index in [1.54, 1.807) is 6.07 Å². The fraction of sp³-hybridized carbons (Fsp3) is 0.357. The van der Waals surface area contributed by atoms with Gasteiger partial charge < -0.3 is 35.0 Å². The molecule has 0 aliphatic carbocycles. The molecule has 1 aliphatic rings. The van der Waals surface area contributed by atoms with Crippen LogP contribution in [0.1, 0.15) is 5.56 Å². The number of rotatable bonds is 4. The predicted molar refractivity (Wildman–Crippen MR) is 73.1 cm³/mol. The molecule has 0 bridgehead atoms. The van der Waals surface area contributed by atoms with Gasteiger partial charge in [0.2, 0.25) is 6.29 Å². The zero-order chi connectivity index (χ0) is 16.4. The Bertz CT molecular complexity index is 572. The van der Waals surface area contributed by atoms with E-state index in [4.69, 9.17) is 14.6 Å². The average Bonchev–Trinajstić information content (AvgIpc) is 2.49. The molecule has 0 saturated carbocycles. The first kappa shape index (κ1) is 16.2. The quantitative estimate of drug-likeness (QED) is 0.492. The van der Waals surface area contributed by atoms with Gasteiger partial charge in [0.1, 0.15) is 18.3 Å². The van der Waals surface area contributed by atoms with Gasteiger partial charge in [0.05, 0.1) is 0 Å². The van der Waals surface area contributed by atoms with Crippen LogP contribution < -0.4 is 4.74 Å². The summed E-state index contributed by atoms with van der Waals surface area (Å²) in [6.07, 6.45) is -7.10. The Morgan fingerprint density at radius 3 is 2.45 bits per heavy atom. The molecule has 1 aromatic carbocycles. The number of phenolic OH excluding ortho intramolecular Hbond substituents is 1. The highest BCUT2D eigenvalue weighted by Gasteiger charge is 2.48. The van der Waals surface area contributed by atoms with Gasteiger partial charge in [-0.15, -0.1) is 0 Å². The molecule has 8 heteroatoms. The van der Waals surface area contributed by atoms with Gasteiger partial charge in [0.15, 0.2) is 17.6 Å². The van der Waals surface area contributed by atoms with Crippen LogP contribution in [0.25, 0.3) is 6.08 Å². The SMILES string of the molecule is C=Cc1ccc(OC2OC(C(=O)O)C(O)C(O)C2O)c(O)c1. The summed E-state index contributed by atoms with van der Waals surface area (Å²) in [4.78, 5) is 11.0. The lowest BCUT2D eigenvalue weighted by Crippen LogP contribution is -2.61.